The van der Waals surface area contributed by atoms with Gasteiger partial charge in [0.25, 0.3) is 0 Å². The third kappa shape index (κ3) is 2.67. The van der Waals surface area contributed by atoms with Gasteiger partial charge in [-0.2, -0.15) is 0 Å². The van der Waals surface area contributed by atoms with Crippen molar-refractivity contribution in [1.29, 1.82) is 0 Å². The van der Waals surface area contributed by atoms with E-state index in [-0.39, 0.29) is 0 Å². The molecule has 0 aliphatic heterocycles. The lowest BCUT2D eigenvalue weighted by Crippen LogP contribution is -2.00. The van der Waals surface area contributed by atoms with Gasteiger partial charge in [-0.15, -0.1) is 11.6 Å². The molecule has 3 rings (SSSR count). The Labute approximate surface area is 153 Å². The lowest BCUT2D eigenvalue weighted by atomic mass is 10.3. The lowest BCUT2D eigenvalue weighted by Gasteiger charge is -2.10. The summed E-state index contributed by atoms with van der Waals surface area (Å²) in [6.07, 6.45) is 0. The van der Waals surface area contributed by atoms with Crippen molar-refractivity contribution in [2.75, 3.05) is 0 Å². The maximum atomic E-state index is 6.38. The molecule has 0 spiro atoms. The van der Waals surface area contributed by atoms with Gasteiger partial charge < -0.3 is 0 Å². The first kappa shape index (κ1) is 14.9. The first-order valence-electron chi connectivity index (χ1n) is 5.78. The first-order valence-corrected chi connectivity index (χ1v) is 8.85. The van der Waals surface area contributed by atoms with Crippen molar-refractivity contribution in [3.8, 4) is 5.69 Å². The summed E-state index contributed by atoms with van der Waals surface area (Å²) < 4.78 is 4.27. The number of hydrogen-bond acceptors (Lipinski definition) is 1. The average Bonchev–Trinajstić information content (AvgIpc) is 2.76. The van der Waals surface area contributed by atoms with E-state index >= 15 is 0 Å². The quantitative estimate of drug-likeness (QED) is 0.311. The maximum Gasteiger partial charge on any atom is 0.129 e. The smallest absolute Gasteiger partial charge is 0.129 e. The summed E-state index contributed by atoms with van der Waals surface area (Å²) in [7, 11) is 0. The minimum Gasteiger partial charge on any atom is -0.294 e. The Morgan fingerprint density at radius 1 is 1.05 bits per heavy atom. The van der Waals surface area contributed by atoms with Crippen LogP contribution in [0.15, 0.2) is 36.4 Å². The van der Waals surface area contributed by atoms with Gasteiger partial charge in [0.2, 0.25) is 0 Å². The SMILES string of the molecule is ClCc1nc2cc(I)ccc2n1-c1ccc(I)cc1Cl. The van der Waals surface area contributed by atoms with Crippen molar-refractivity contribution in [2.45, 2.75) is 5.88 Å². The van der Waals surface area contributed by atoms with Gasteiger partial charge in [0.05, 0.1) is 27.6 Å². The van der Waals surface area contributed by atoms with E-state index in [1.165, 1.54) is 0 Å². The van der Waals surface area contributed by atoms with Crippen LogP contribution in [0, 0.1) is 7.14 Å². The van der Waals surface area contributed by atoms with Gasteiger partial charge in [-0.3, -0.25) is 4.57 Å². The van der Waals surface area contributed by atoms with Crippen LogP contribution < -0.4 is 0 Å². The van der Waals surface area contributed by atoms with Crippen LogP contribution in [0.25, 0.3) is 16.7 Å². The number of rotatable bonds is 2. The van der Waals surface area contributed by atoms with Gasteiger partial charge in [-0.1, -0.05) is 11.6 Å². The number of fused-ring (bicyclic) bond motifs is 1. The molecule has 0 saturated heterocycles. The maximum absolute atomic E-state index is 6.38. The molecule has 0 fully saturated rings. The van der Waals surface area contributed by atoms with Crippen LogP contribution in [0.3, 0.4) is 0 Å². The topological polar surface area (TPSA) is 17.8 Å². The normalized spacial score (nSPS) is 11.2. The van der Waals surface area contributed by atoms with Gasteiger partial charge in [0, 0.05) is 7.14 Å². The molecule has 102 valence electrons. The van der Waals surface area contributed by atoms with Crippen LogP contribution in [0.5, 0.6) is 0 Å². The summed E-state index contributed by atoms with van der Waals surface area (Å²) >= 11 is 17.0. The molecule has 3 aromatic rings. The molecule has 2 aromatic carbocycles. The summed E-state index contributed by atoms with van der Waals surface area (Å²) in [6.45, 7) is 0. The summed E-state index contributed by atoms with van der Waals surface area (Å²) in [5.41, 5.74) is 2.86. The minimum absolute atomic E-state index is 0.341. The van der Waals surface area contributed by atoms with Crippen LogP contribution in [-0.2, 0) is 5.88 Å². The number of halogens is 4. The Hall–Kier alpha value is -0.0500. The zero-order valence-electron chi connectivity index (χ0n) is 10.1. The molecule has 6 heteroatoms. The second-order valence-corrected chi connectivity index (χ2v) is 7.39. The second-order valence-electron chi connectivity index (χ2n) is 4.23. The largest absolute Gasteiger partial charge is 0.294 e. The average molecular weight is 529 g/mol. The number of alkyl halides is 1. The minimum atomic E-state index is 0.341. The molecule has 1 heterocycles. The van der Waals surface area contributed by atoms with Crippen molar-refractivity contribution in [1.82, 2.24) is 9.55 Å². The molecule has 1 aromatic heterocycles. The Kier molecular flexibility index (Phi) is 4.45. The third-order valence-electron chi connectivity index (χ3n) is 2.96. The third-order valence-corrected chi connectivity index (χ3v) is 4.84. The fourth-order valence-corrected chi connectivity index (χ4v) is 3.72. The van der Waals surface area contributed by atoms with Crippen LogP contribution in [-0.4, -0.2) is 9.55 Å². The van der Waals surface area contributed by atoms with Crippen molar-refractivity contribution in [3.63, 3.8) is 0 Å². The van der Waals surface area contributed by atoms with Gasteiger partial charge in [0.15, 0.2) is 0 Å². The molecule has 0 radical (unpaired) electrons. The van der Waals surface area contributed by atoms with Gasteiger partial charge in [-0.25, -0.2) is 4.98 Å². The van der Waals surface area contributed by atoms with E-state index in [9.17, 15) is 0 Å². The highest BCUT2D eigenvalue weighted by molar-refractivity contribution is 14.1. The van der Waals surface area contributed by atoms with E-state index in [2.05, 4.69) is 62.3 Å². The number of imidazole rings is 1. The van der Waals surface area contributed by atoms with Gasteiger partial charge in [0.1, 0.15) is 5.82 Å². The molecule has 20 heavy (non-hydrogen) atoms. The summed E-state index contributed by atoms with van der Waals surface area (Å²) in [4.78, 5) is 4.60. The van der Waals surface area contributed by atoms with E-state index in [4.69, 9.17) is 23.2 Å². The Bertz CT molecular complexity index is 799. The molecule has 0 saturated carbocycles. The summed E-state index contributed by atoms with van der Waals surface area (Å²) in [5.74, 6) is 1.14. The van der Waals surface area contributed by atoms with Crippen LogP contribution in [0.1, 0.15) is 5.82 Å². The van der Waals surface area contributed by atoms with E-state index in [1.54, 1.807) is 0 Å². The highest BCUT2D eigenvalue weighted by Gasteiger charge is 2.14. The van der Waals surface area contributed by atoms with E-state index in [0.717, 1.165) is 29.7 Å². The summed E-state index contributed by atoms with van der Waals surface area (Å²) in [5, 5.41) is 0.695. The van der Waals surface area contributed by atoms with E-state index in [1.807, 2.05) is 28.8 Å². The first-order chi connectivity index (χ1) is 9.60. The fraction of sp³-hybridized carbons (Fsp3) is 0.0714. The van der Waals surface area contributed by atoms with Gasteiger partial charge in [-0.05, 0) is 81.6 Å². The summed E-state index contributed by atoms with van der Waals surface area (Å²) in [6, 6.07) is 12.1. The zero-order chi connectivity index (χ0) is 14.3. The molecule has 0 amide bonds. The van der Waals surface area contributed by atoms with Crippen LogP contribution in [0.4, 0.5) is 0 Å². The molecule has 0 aliphatic rings. The predicted octanol–water partition coefficient (Wildman–Crippen LogP) is 5.63. The van der Waals surface area contributed by atoms with E-state index < -0.39 is 0 Å². The molecular formula is C14H8Cl2I2N2. The standard InChI is InChI=1S/C14H8Cl2I2N2/c15-7-14-19-11-6-9(18)2-4-13(11)20(14)12-3-1-8(17)5-10(12)16/h1-6H,7H2. The predicted molar refractivity (Wildman–Crippen MR) is 101 cm³/mol. The van der Waals surface area contributed by atoms with Crippen molar-refractivity contribution >= 4 is 79.4 Å². The van der Waals surface area contributed by atoms with Crippen molar-refractivity contribution < 1.29 is 0 Å². The van der Waals surface area contributed by atoms with Crippen molar-refractivity contribution in [3.05, 3.63) is 54.4 Å². The number of benzene rings is 2. The molecule has 0 atom stereocenters. The molecular weight excluding hydrogens is 521 g/mol. The Morgan fingerprint density at radius 3 is 2.45 bits per heavy atom. The highest BCUT2D eigenvalue weighted by atomic mass is 127. The number of nitrogens with zero attached hydrogens (tertiary/aromatic N) is 2. The Morgan fingerprint density at radius 2 is 1.75 bits per heavy atom. The monoisotopic (exact) mass is 528 g/mol. The zero-order valence-corrected chi connectivity index (χ0v) is 15.9. The lowest BCUT2D eigenvalue weighted by molar-refractivity contribution is 0.981. The number of aromatic nitrogens is 2. The molecule has 0 unspecified atom stereocenters. The molecule has 2 nitrogen and oxygen atoms in total. The molecule has 0 N–H and O–H groups in total. The second kappa shape index (κ2) is 5.98. The van der Waals surface area contributed by atoms with E-state index in [0.29, 0.717) is 10.9 Å². The Balaban J connectivity index is 2.34. The molecule has 0 aliphatic carbocycles. The molecule has 0 bridgehead atoms. The number of hydrogen-bond donors (Lipinski definition) is 0. The fourth-order valence-electron chi connectivity index (χ4n) is 2.12. The van der Waals surface area contributed by atoms with Crippen molar-refractivity contribution in [2.24, 2.45) is 0 Å². The van der Waals surface area contributed by atoms with Crippen LogP contribution in [0.2, 0.25) is 5.02 Å². The van der Waals surface area contributed by atoms with Gasteiger partial charge >= 0.3 is 0 Å². The van der Waals surface area contributed by atoms with Crippen LogP contribution >= 0.6 is 68.4 Å². The highest BCUT2D eigenvalue weighted by Crippen LogP contribution is 2.29.